The molecule has 11 rings (SSSR count). The second kappa shape index (κ2) is 11.0. The van der Waals surface area contributed by atoms with Crippen LogP contribution in [-0.2, 0) is 5.41 Å². The van der Waals surface area contributed by atoms with Crippen molar-refractivity contribution < 1.29 is 9.47 Å². The molecule has 3 aromatic heterocycles. The SMILES string of the molecule is c1cncc(-c2cccc(-c3ccc4c(c3)Oc3ccccc3C43c4ccccc4Oc4cc(-n5c6ccccc6c6ccncc65)ccc43)c2)c1. The van der Waals surface area contributed by atoms with Gasteiger partial charge in [-0.1, -0.05) is 97.1 Å². The number of aromatic nitrogens is 3. The summed E-state index contributed by atoms with van der Waals surface area (Å²) >= 11 is 0. The highest BCUT2D eigenvalue weighted by atomic mass is 16.5. The van der Waals surface area contributed by atoms with E-state index in [1.165, 1.54) is 10.8 Å². The normalized spacial score (nSPS) is 15.3. The molecule has 0 bridgehead atoms. The number of rotatable bonds is 3. The zero-order valence-corrected chi connectivity index (χ0v) is 27.9. The minimum absolute atomic E-state index is 0.689. The lowest BCUT2D eigenvalue weighted by atomic mass is 9.62. The Balaban J connectivity index is 1.14. The topological polar surface area (TPSA) is 49.2 Å². The van der Waals surface area contributed by atoms with Crippen LogP contribution in [-0.4, -0.2) is 14.5 Å². The average Bonchev–Trinajstić information content (AvgIpc) is 3.55. The summed E-state index contributed by atoms with van der Waals surface area (Å²) < 4.78 is 16.0. The van der Waals surface area contributed by atoms with E-state index in [4.69, 9.17) is 9.47 Å². The summed E-state index contributed by atoms with van der Waals surface area (Å²) in [5.74, 6) is 3.29. The standard InChI is InChI=1S/C47H29N3O2/c1-4-15-41-35(12-1)36-22-24-49-29-42(36)50(41)34-19-21-40-46(27-34)52-44-17-6-3-14-38(44)47(40)37-13-2-5-16-43(37)51-45-26-32(18-20-39(45)47)30-9-7-10-31(25-30)33-11-8-23-48-28-33/h1-29H. The Kier molecular flexibility index (Phi) is 6.10. The third-order valence-electron chi connectivity index (χ3n) is 10.7. The van der Waals surface area contributed by atoms with Crippen LogP contribution in [0.3, 0.4) is 0 Å². The molecule has 0 saturated heterocycles. The number of hydrogen-bond acceptors (Lipinski definition) is 4. The molecule has 0 fully saturated rings. The van der Waals surface area contributed by atoms with Crippen molar-refractivity contribution in [2.45, 2.75) is 5.41 Å². The van der Waals surface area contributed by atoms with Crippen LogP contribution in [0.1, 0.15) is 22.3 Å². The number of benzene rings is 6. The highest BCUT2D eigenvalue weighted by molar-refractivity contribution is 6.09. The molecule has 0 saturated carbocycles. The summed E-state index contributed by atoms with van der Waals surface area (Å²) in [6, 6.07) is 53.4. The van der Waals surface area contributed by atoms with Crippen LogP contribution in [0.15, 0.2) is 176 Å². The molecule has 0 radical (unpaired) electrons. The number of fused-ring (bicyclic) bond motifs is 11. The lowest BCUT2D eigenvalue weighted by Crippen LogP contribution is -2.36. The van der Waals surface area contributed by atoms with Crippen LogP contribution in [0.4, 0.5) is 0 Å². The molecule has 1 unspecified atom stereocenters. The fraction of sp³-hybridized carbons (Fsp3) is 0.0213. The van der Waals surface area contributed by atoms with Crippen molar-refractivity contribution in [3.05, 3.63) is 199 Å². The van der Waals surface area contributed by atoms with E-state index in [0.717, 1.165) is 84.2 Å². The third-order valence-corrected chi connectivity index (χ3v) is 10.7. The van der Waals surface area contributed by atoms with Crippen LogP contribution in [0, 0.1) is 0 Å². The van der Waals surface area contributed by atoms with Crippen molar-refractivity contribution in [2.24, 2.45) is 0 Å². The molecule has 52 heavy (non-hydrogen) atoms. The maximum Gasteiger partial charge on any atom is 0.134 e. The van der Waals surface area contributed by atoms with E-state index in [0.29, 0.717) is 0 Å². The lowest BCUT2D eigenvalue weighted by Gasteiger charge is -2.45. The van der Waals surface area contributed by atoms with Gasteiger partial charge in [-0.05, 0) is 65.2 Å². The molecule has 9 aromatic rings. The van der Waals surface area contributed by atoms with Gasteiger partial charge in [0.25, 0.3) is 0 Å². The average molecular weight is 668 g/mol. The van der Waals surface area contributed by atoms with E-state index in [-0.39, 0.29) is 0 Å². The van der Waals surface area contributed by atoms with E-state index in [2.05, 4.69) is 148 Å². The minimum atomic E-state index is -0.689. The quantitative estimate of drug-likeness (QED) is 0.188. The van der Waals surface area contributed by atoms with Gasteiger partial charge in [0, 0.05) is 68.9 Å². The molecule has 2 aliphatic heterocycles. The molecule has 2 aliphatic rings. The van der Waals surface area contributed by atoms with Gasteiger partial charge in [0.2, 0.25) is 0 Å². The second-order valence-corrected chi connectivity index (χ2v) is 13.4. The van der Waals surface area contributed by atoms with Crippen molar-refractivity contribution in [3.8, 4) is 50.9 Å². The maximum atomic E-state index is 6.87. The maximum absolute atomic E-state index is 6.87. The Morgan fingerprint density at radius 1 is 0.404 bits per heavy atom. The van der Waals surface area contributed by atoms with E-state index in [1.807, 2.05) is 36.8 Å². The van der Waals surface area contributed by atoms with Crippen LogP contribution < -0.4 is 9.47 Å². The second-order valence-electron chi connectivity index (χ2n) is 13.4. The van der Waals surface area contributed by atoms with E-state index < -0.39 is 5.41 Å². The van der Waals surface area contributed by atoms with Gasteiger partial charge in [-0.3, -0.25) is 9.97 Å². The van der Waals surface area contributed by atoms with Crippen molar-refractivity contribution in [3.63, 3.8) is 0 Å². The predicted octanol–water partition coefficient (Wildman–Crippen LogP) is 11.5. The van der Waals surface area contributed by atoms with Crippen molar-refractivity contribution >= 4 is 21.8 Å². The first-order chi connectivity index (χ1) is 25.8. The molecule has 0 aliphatic carbocycles. The molecule has 6 aromatic carbocycles. The van der Waals surface area contributed by atoms with Gasteiger partial charge >= 0.3 is 0 Å². The van der Waals surface area contributed by atoms with Gasteiger partial charge in [-0.15, -0.1) is 0 Å². The van der Waals surface area contributed by atoms with E-state index in [1.54, 1.807) is 6.20 Å². The first kappa shape index (κ1) is 28.8. The highest BCUT2D eigenvalue weighted by Crippen LogP contribution is 2.61. The van der Waals surface area contributed by atoms with Crippen molar-refractivity contribution in [1.29, 1.82) is 0 Å². The molecule has 5 heteroatoms. The molecule has 5 heterocycles. The number of nitrogens with zero attached hydrogens (tertiary/aromatic N) is 3. The van der Waals surface area contributed by atoms with Gasteiger partial charge in [0.15, 0.2) is 0 Å². The molecule has 1 atom stereocenters. The number of ether oxygens (including phenoxy) is 2. The minimum Gasteiger partial charge on any atom is -0.457 e. The summed E-state index contributed by atoms with van der Waals surface area (Å²) in [7, 11) is 0. The zero-order valence-electron chi connectivity index (χ0n) is 27.9. The summed E-state index contributed by atoms with van der Waals surface area (Å²) in [6.07, 6.45) is 7.51. The molecule has 244 valence electrons. The first-order valence-corrected chi connectivity index (χ1v) is 17.5. The smallest absolute Gasteiger partial charge is 0.134 e. The van der Waals surface area contributed by atoms with Gasteiger partial charge in [0.05, 0.1) is 22.6 Å². The summed E-state index contributed by atoms with van der Waals surface area (Å²) in [4.78, 5) is 8.85. The van der Waals surface area contributed by atoms with Crippen molar-refractivity contribution in [2.75, 3.05) is 0 Å². The van der Waals surface area contributed by atoms with Crippen LogP contribution in [0.25, 0.3) is 49.7 Å². The first-order valence-electron chi connectivity index (χ1n) is 17.5. The fourth-order valence-electron chi connectivity index (χ4n) is 8.49. The Morgan fingerprint density at radius 2 is 1.02 bits per heavy atom. The van der Waals surface area contributed by atoms with Crippen LogP contribution in [0.2, 0.25) is 0 Å². The number of para-hydroxylation sites is 3. The summed E-state index contributed by atoms with van der Waals surface area (Å²) in [5.41, 5.74) is 11.2. The van der Waals surface area contributed by atoms with E-state index in [9.17, 15) is 0 Å². The number of pyridine rings is 2. The predicted molar refractivity (Wildman–Crippen MR) is 206 cm³/mol. The van der Waals surface area contributed by atoms with Gasteiger partial charge in [0.1, 0.15) is 23.0 Å². The summed E-state index contributed by atoms with van der Waals surface area (Å²) in [6.45, 7) is 0. The van der Waals surface area contributed by atoms with Crippen LogP contribution >= 0.6 is 0 Å². The molecule has 0 N–H and O–H groups in total. The van der Waals surface area contributed by atoms with Crippen molar-refractivity contribution in [1.82, 2.24) is 14.5 Å². The number of hydrogen-bond donors (Lipinski definition) is 0. The molecule has 1 spiro atoms. The fourth-order valence-corrected chi connectivity index (χ4v) is 8.49. The molecule has 0 amide bonds. The van der Waals surface area contributed by atoms with Gasteiger partial charge < -0.3 is 14.0 Å². The van der Waals surface area contributed by atoms with Gasteiger partial charge in [-0.2, -0.15) is 0 Å². The van der Waals surface area contributed by atoms with Crippen LogP contribution in [0.5, 0.6) is 23.0 Å². The molecule has 5 nitrogen and oxygen atoms in total. The van der Waals surface area contributed by atoms with E-state index >= 15 is 0 Å². The zero-order chi connectivity index (χ0) is 34.2. The molecular weight excluding hydrogens is 639 g/mol. The monoisotopic (exact) mass is 667 g/mol. The third kappa shape index (κ3) is 4.05. The Labute approximate surface area is 300 Å². The Morgan fingerprint density at radius 3 is 1.81 bits per heavy atom. The lowest BCUT2D eigenvalue weighted by molar-refractivity contribution is 0.399. The Hall–Kier alpha value is -6.98. The van der Waals surface area contributed by atoms with Gasteiger partial charge in [-0.25, -0.2) is 0 Å². The molecular formula is C47H29N3O2. The summed E-state index contributed by atoms with van der Waals surface area (Å²) in [5, 5.41) is 2.36. The Bertz CT molecular complexity index is 2810. The highest BCUT2D eigenvalue weighted by Gasteiger charge is 2.50. The largest absolute Gasteiger partial charge is 0.457 e.